The molecule has 2 aliphatic carbocycles. The Balaban J connectivity index is 1.11. The Kier molecular flexibility index (Phi) is 11.4. The fraction of sp³-hybridized carbons (Fsp3) is 0.316. The smallest absolute Gasteiger partial charge is 0.333 e. The van der Waals surface area contributed by atoms with Gasteiger partial charge < -0.3 is 23.4 Å². The lowest BCUT2D eigenvalue weighted by molar-refractivity contribution is 0.332. The second kappa shape index (κ2) is 18.0. The average molecular weight is 1110 g/mol. The van der Waals surface area contributed by atoms with Crippen molar-refractivity contribution in [1.82, 2.24) is 0 Å². The summed E-state index contributed by atoms with van der Waals surface area (Å²) >= 11 is 0. The summed E-state index contributed by atoms with van der Waals surface area (Å²) in [5, 5.41) is 4.43. The number of hydrogen-bond acceptors (Lipinski definition) is 5. The van der Waals surface area contributed by atoms with Crippen molar-refractivity contribution in [2.45, 2.75) is 162 Å². The van der Waals surface area contributed by atoms with E-state index >= 15 is 0 Å². The van der Waals surface area contributed by atoms with Gasteiger partial charge in [0.1, 0.15) is 16.7 Å². The molecule has 5 nitrogen and oxygen atoms in total. The first-order valence-corrected chi connectivity index (χ1v) is 31.3. The summed E-state index contributed by atoms with van der Waals surface area (Å²) in [4.78, 5) is 7.86. The minimum absolute atomic E-state index is 0.0216. The predicted octanol–water partition coefficient (Wildman–Crippen LogP) is 21.3. The molecule has 0 bridgehead atoms. The summed E-state index contributed by atoms with van der Waals surface area (Å²) in [6.45, 7) is 35.6. The number of benzene rings is 9. The SMILES string of the molecule is Cc1cc2c(cc1N1c3cc(N(c4cccc(C(C)(C)C)c4)c4cccc(C(C)(C)C)c4)ccc3B3c4c(cc5c(oc6ccccc65)c41)-c1c(ccc4c1oc1ccccc14)N3c1ccc3c(c1)C(C)(C)CCC3(C)C)C(C)(C)CCC2(C)C. The number of nitrogens with zero attached hydrogens (tertiary/aromatic N) is 3. The van der Waals surface area contributed by atoms with E-state index in [1.54, 1.807) is 0 Å². The van der Waals surface area contributed by atoms with Gasteiger partial charge in [-0.25, -0.2) is 0 Å². The maximum Gasteiger partial charge on any atom is 0.333 e. The molecule has 0 saturated carbocycles. The third-order valence-electron chi connectivity index (χ3n) is 20.8. The number of anilines is 8. The van der Waals surface area contributed by atoms with Crippen molar-refractivity contribution in [1.29, 1.82) is 0 Å². The molecule has 15 rings (SSSR count). The quantitative estimate of drug-likeness (QED) is 0.161. The zero-order valence-corrected chi connectivity index (χ0v) is 52.7. The largest absolute Gasteiger partial charge is 0.455 e. The van der Waals surface area contributed by atoms with Crippen LogP contribution in [0.2, 0.25) is 0 Å². The van der Waals surface area contributed by atoms with E-state index in [9.17, 15) is 0 Å². The van der Waals surface area contributed by atoms with Gasteiger partial charge in [-0.1, -0.05) is 176 Å². The molecular formula is C79H80BN3O2. The van der Waals surface area contributed by atoms with Crippen molar-refractivity contribution in [2.75, 3.05) is 14.6 Å². The van der Waals surface area contributed by atoms with Crippen molar-refractivity contribution in [2.24, 2.45) is 0 Å². The van der Waals surface area contributed by atoms with Crippen molar-refractivity contribution in [3.05, 3.63) is 203 Å². The second-order valence-electron chi connectivity index (χ2n) is 30.3. The summed E-state index contributed by atoms with van der Waals surface area (Å²) in [6.07, 6.45) is 4.52. The van der Waals surface area contributed by atoms with Crippen LogP contribution in [0.5, 0.6) is 0 Å². The Morgan fingerprint density at radius 3 is 1.60 bits per heavy atom. The van der Waals surface area contributed by atoms with Gasteiger partial charge in [-0.15, -0.1) is 0 Å². The first-order chi connectivity index (χ1) is 40.3. The fourth-order valence-electron chi connectivity index (χ4n) is 15.5. The van der Waals surface area contributed by atoms with Crippen LogP contribution in [0.1, 0.15) is 162 Å². The lowest BCUT2D eigenvalue weighted by Gasteiger charge is -2.48. The molecule has 0 N–H and O–H groups in total. The van der Waals surface area contributed by atoms with Crippen LogP contribution in [0.25, 0.3) is 55.0 Å². The van der Waals surface area contributed by atoms with E-state index in [0.717, 1.165) is 109 Å². The number of aryl methyl sites for hydroxylation is 1. The Labute approximate surface area is 503 Å². The molecule has 85 heavy (non-hydrogen) atoms. The summed E-state index contributed by atoms with van der Waals surface area (Å²) in [5.41, 5.74) is 26.7. The first kappa shape index (κ1) is 53.7. The molecule has 426 valence electrons. The molecular weight excluding hydrogens is 1030 g/mol. The molecule has 0 saturated heterocycles. The molecule has 0 spiro atoms. The van der Waals surface area contributed by atoms with Crippen molar-refractivity contribution >= 4 is 107 Å². The Morgan fingerprint density at radius 2 is 0.988 bits per heavy atom. The van der Waals surface area contributed by atoms with Gasteiger partial charge in [0.25, 0.3) is 0 Å². The van der Waals surface area contributed by atoms with E-state index in [1.165, 1.54) is 66.8 Å². The Morgan fingerprint density at radius 1 is 0.447 bits per heavy atom. The predicted molar refractivity (Wildman–Crippen MR) is 362 cm³/mol. The van der Waals surface area contributed by atoms with Gasteiger partial charge in [0.15, 0.2) is 5.58 Å². The normalized spacial score (nSPS) is 17.2. The Bertz CT molecular complexity index is 4570. The number of fused-ring (bicyclic) bond motifs is 14. The van der Waals surface area contributed by atoms with Crippen LogP contribution in [0, 0.1) is 6.92 Å². The molecule has 0 radical (unpaired) electrons. The number of para-hydroxylation sites is 2. The maximum atomic E-state index is 7.52. The van der Waals surface area contributed by atoms with Gasteiger partial charge in [0, 0.05) is 66.9 Å². The van der Waals surface area contributed by atoms with E-state index in [0.29, 0.717) is 0 Å². The lowest BCUT2D eigenvalue weighted by Crippen LogP contribution is -2.61. The summed E-state index contributed by atoms with van der Waals surface area (Å²) in [5.74, 6) is 0. The highest BCUT2D eigenvalue weighted by Crippen LogP contribution is 2.57. The number of furan rings is 2. The van der Waals surface area contributed by atoms with E-state index < -0.39 is 0 Å². The van der Waals surface area contributed by atoms with E-state index in [4.69, 9.17) is 8.83 Å². The molecule has 11 aromatic rings. The lowest BCUT2D eigenvalue weighted by atomic mass is 9.43. The molecule has 0 fully saturated rings. The molecule has 2 aliphatic heterocycles. The standard InChI is InChI=1S/C79H80BN3O2/c1-47-40-60-62(79(14,15)39-38-77(60,10)11)46-65(47)82-66-44-52(81(50-24-20-22-48(41-50)74(2,3)4)51-25-21-23-49(42-51)75(5,6)7)31-34-63(66)80-70-58(45-57-55-27-17-19-29-68(55)85-73(57)71(70)82)69-64(35-32-56-54-26-16-18-28-67(54)84-72(56)69)83(80)53-30-33-59-61(43-53)78(12,13)37-36-76(59,8)9/h16-35,40-46H,36-39H2,1-15H3. The van der Waals surface area contributed by atoms with Crippen LogP contribution in [-0.2, 0) is 32.5 Å². The molecule has 4 heterocycles. The summed E-state index contributed by atoms with van der Waals surface area (Å²) in [6, 6.07) is 62.9. The van der Waals surface area contributed by atoms with Crippen LogP contribution < -0.4 is 25.5 Å². The van der Waals surface area contributed by atoms with Crippen LogP contribution >= 0.6 is 0 Å². The topological polar surface area (TPSA) is 36.0 Å². The van der Waals surface area contributed by atoms with E-state index in [2.05, 4.69) is 282 Å². The van der Waals surface area contributed by atoms with Gasteiger partial charge in [-0.2, -0.15) is 0 Å². The third kappa shape index (κ3) is 8.09. The highest BCUT2D eigenvalue weighted by molar-refractivity contribution is 6.94. The number of rotatable bonds is 5. The van der Waals surface area contributed by atoms with Gasteiger partial charge in [0.2, 0.25) is 0 Å². The van der Waals surface area contributed by atoms with E-state index in [-0.39, 0.29) is 39.3 Å². The summed E-state index contributed by atoms with van der Waals surface area (Å²) < 4.78 is 14.8. The molecule has 0 atom stereocenters. The van der Waals surface area contributed by atoms with Gasteiger partial charge >= 0.3 is 6.85 Å². The maximum absolute atomic E-state index is 7.52. The number of hydrogen-bond donors (Lipinski definition) is 0. The van der Waals surface area contributed by atoms with Crippen LogP contribution in [0.15, 0.2) is 173 Å². The second-order valence-corrected chi connectivity index (χ2v) is 30.3. The van der Waals surface area contributed by atoms with E-state index in [1.807, 2.05) is 0 Å². The van der Waals surface area contributed by atoms with Crippen molar-refractivity contribution < 1.29 is 8.83 Å². The minimum Gasteiger partial charge on any atom is -0.455 e. The highest BCUT2D eigenvalue weighted by Gasteiger charge is 2.50. The zero-order chi connectivity index (χ0) is 59.2. The highest BCUT2D eigenvalue weighted by atomic mass is 16.3. The molecule has 9 aromatic carbocycles. The average Bonchev–Trinajstić information content (AvgIpc) is 1.67. The van der Waals surface area contributed by atoms with Crippen molar-refractivity contribution in [3.8, 4) is 11.1 Å². The first-order valence-electron chi connectivity index (χ1n) is 31.3. The van der Waals surface area contributed by atoms with Crippen LogP contribution in [-0.4, -0.2) is 6.85 Å². The van der Waals surface area contributed by atoms with Crippen LogP contribution in [0.4, 0.5) is 45.5 Å². The molecule has 4 aliphatic rings. The summed E-state index contributed by atoms with van der Waals surface area (Å²) in [7, 11) is 0. The fourth-order valence-corrected chi connectivity index (χ4v) is 15.5. The molecule has 6 heteroatoms. The molecule has 2 aromatic heterocycles. The molecule has 0 unspecified atom stereocenters. The third-order valence-corrected chi connectivity index (χ3v) is 20.8. The Hall–Kier alpha value is -7.96. The van der Waals surface area contributed by atoms with Gasteiger partial charge in [-0.05, 0) is 205 Å². The zero-order valence-electron chi connectivity index (χ0n) is 52.7. The van der Waals surface area contributed by atoms with Crippen LogP contribution in [0.3, 0.4) is 0 Å². The van der Waals surface area contributed by atoms with Gasteiger partial charge in [0.05, 0.1) is 5.69 Å². The van der Waals surface area contributed by atoms with Crippen molar-refractivity contribution in [3.63, 3.8) is 0 Å². The molecule has 0 amide bonds. The monoisotopic (exact) mass is 1110 g/mol. The minimum atomic E-state index is -0.287. The van der Waals surface area contributed by atoms with Gasteiger partial charge in [-0.3, -0.25) is 0 Å².